The Morgan fingerprint density at radius 3 is 2.30 bits per heavy atom. The average molecular weight is 456 g/mol. The first kappa shape index (κ1) is 21.2. The van der Waals surface area contributed by atoms with Crippen LogP contribution >= 0.6 is 11.6 Å². The van der Waals surface area contributed by atoms with Crippen molar-refractivity contribution in [3.63, 3.8) is 0 Å². The van der Waals surface area contributed by atoms with Crippen LogP contribution in [0.4, 0.5) is 0 Å². The highest BCUT2D eigenvalue weighted by Gasteiger charge is 2.39. The van der Waals surface area contributed by atoms with Crippen LogP contribution in [0.15, 0.2) is 108 Å². The largest absolute Gasteiger partial charge is 0.456 e. The van der Waals surface area contributed by atoms with Crippen molar-refractivity contribution in [3.05, 3.63) is 130 Å². The van der Waals surface area contributed by atoms with E-state index < -0.39 is 0 Å². The summed E-state index contributed by atoms with van der Waals surface area (Å²) < 4.78 is 6.06. The van der Waals surface area contributed by atoms with Crippen molar-refractivity contribution in [2.75, 3.05) is 6.54 Å². The minimum absolute atomic E-state index is 0.0771. The number of hydrogen-bond donors (Lipinski definition) is 0. The number of nitrogens with zero attached hydrogens (tertiary/aromatic N) is 1. The Hall–Kier alpha value is -3.63. The molecule has 164 valence electrons. The van der Waals surface area contributed by atoms with Gasteiger partial charge in [0, 0.05) is 35.2 Å². The summed E-state index contributed by atoms with van der Waals surface area (Å²) in [5, 5.41) is 0.577. The zero-order valence-electron chi connectivity index (χ0n) is 17.9. The molecule has 0 saturated carbocycles. The Kier molecular flexibility index (Phi) is 5.84. The highest BCUT2D eigenvalue weighted by atomic mass is 35.5. The summed E-state index contributed by atoms with van der Waals surface area (Å²) >= 11 is 5.95. The maximum Gasteiger partial charge on any atom is 0.290 e. The molecule has 0 unspecified atom stereocenters. The molecule has 0 spiro atoms. The van der Waals surface area contributed by atoms with Gasteiger partial charge in [0.1, 0.15) is 5.76 Å². The third kappa shape index (κ3) is 4.48. The molecule has 2 aliphatic heterocycles. The smallest absolute Gasteiger partial charge is 0.290 e. The molecule has 0 bridgehead atoms. The molecule has 0 aromatic heterocycles. The van der Waals surface area contributed by atoms with E-state index in [1.54, 1.807) is 29.2 Å². The number of hydrogen-bond acceptors (Lipinski definition) is 3. The van der Waals surface area contributed by atoms with E-state index in [2.05, 4.69) is 0 Å². The number of carbonyl (C=O) groups excluding carboxylic acids is 2. The standard InChI is InChI=1S/C28H22ClNO3/c29-22-13-11-21(12-14-22)26(31)16-23-15-24(20-9-5-2-6-10-20)25-18-30(28(32)27(25)33-23)17-19-7-3-1-4-8-19/h1-15,24H,16-18H2/t24-/m1/s1. The summed E-state index contributed by atoms with van der Waals surface area (Å²) in [7, 11) is 0. The molecule has 0 saturated heterocycles. The average Bonchev–Trinajstić information content (AvgIpc) is 3.15. The second-order valence-corrected chi connectivity index (χ2v) is 8.67. The van der Waals surface area contributed by atoms with Gasteiger partial charge in [-0.05, 0) is 41.5 Å². The molecule has 0 aliphatic carbocycles. The molecule has 1 atom stereocenters. The highest BCUT2D eigenvalue weighted by molar-refractivity contribution is 6.30. The lowest BCUT2D eigenvalue weighted by atomic mass is 9.88. The predicted octanol–water partition coefficient (Wildman–Crippen LogP) is 5.91. The number of Topliss-reactive ketones (excluding diaryl/α,β-unsaturated/α-hetero) is 1. The summed E-state index contributed by atoms with van der Waals surface area (Å²) in [5.74, 6) is 0.506. The Bertz CT molecular complexity index is 1250. The minimum atomic E-state index is -0.140. The number of carbonyl (C=O) groups is 2. The lowest BCUT2D eigenvalue weighted by Gasteiger charge is -2.23. The molecule has 2 aliphatic rings. The van der Waals surface area contributed by atoms with E-state index in [1.165, 1.54) is 0 Å². The zero-order valence-corrected chi connectivity index (χ0v) is 18.7. The van der Waals surface area contributed by atoms with E-state index in [0.717, 1.165) is 16.7 Å². The molecule has 5 heteroatoms. The Balaban J connectivity index is 1.42. The van der Waals surface area contributed by atoms with Crippen molar-refractivity contribution in [2.45, 2.75) is 18.9 Å². The third-order valence-electron chi connectivity index (χ3n) is 5.97. The quantitative estimate of drug-likeness (QED) is 0.434. The number of rotatable bonds is 6. The highest BCUT2D eigenvalue weighted by Crippen LogP contribution is 2.40. The molecule has 0 radical (unpaired) electrons. The van der Waals surface area contributed by atoms with Gasteiger partial charge in [0.05, 0.1) is 6.42 Å². The van der Waals surface area contributed by atoms with Crippen molar-refractivity contribution in [1.82, 2.24) is 4.90 Å². The van der Waals surface area contributed by atoms with Crippen LogP contribution in [0.5, 0.6) is 0 Å². The molecule has 2 heterocycles. The number of benzene rings is 3. The number of ether oxygens (including phenoxy) is 1. The summed E-state index contributed by atoms with van der Waals surface area (Å²) in [6, 6.07) is 26.7. The zero-order chi connectivity index (χ0) is 22.8. The first-order valence-corrected chi connectivity index (χ1v) is 11.2. The number of allylic oxidation sites excluding steroid dienone is 2. The van der Waals surface area contributed by atoms with E-state index in [1.807, 2.05) is 66.7 Å². The molecule has 0 N–H and O–H groups in total. The third-order valence-corrected chi connectivity index (χ3v) is 6.22. The maximum absolute atomic E-state index is 13.3. The second-order valence-electron chi connectivity index (χ2n) is 8.23. The maximum atomic E-state index is 13.3. The second kappa shape index (κ2) is 9.08. The fourth-order valence-corrected chi connectivity index (χ4v) is 4.44. The van der Waals surface area contributed by atoms with Crippen LogP contribution in [0.2, 0.25) is 5.02 Å². The number of ketones is 1. The van der Waals surface area contributed by atoms with E-state index >= 15 is 0 Å². The van der Waals surface area contributed by atoms with Gasteiger partial charge in [0.25, 0.3) is 5.91 Å². The monoisotopic (exact) mass is 455 g/mol. The number of halogens is 1. The van der Waals surface area contributed by atoms with Crippen molar-refractivity contribution < 1.29 is 14.3 Å². The summed E-state index contributed by atoms with van der Waals surface area (Å²) in [4.78, 5) is 27.9. The van der Waals surface area contributed by atoms with Crippen LogP contribution in [0.1, 0.15) is 33.8 Å². The lowest BCUT2D eigenvalue weighted by molar-refractivity contribution is -0.128. The van der Waals surface area contributed by atoms with Gasteiger partial charge in [-0.2, -0.15) is 0 Å². The fourth-order valence-electron chi connectivity index (χ4n) is 4.31. The molecule has 1 amide bonds. The van der Waals surface area contributed by atoms with Gasteiger partial charge in [-0.25, -0.2) is 0 Å². The van der Waals surface area contributed by atoms with E-state index in [0.29, 0.717) is 35.2 Å². The van der Waals surface area contributed by atoms with Gasteiger partial charge in [-0.15, -0.1) is 0 Å². The van der Waals surface area contributed by atoms with Crippen LogP contribution in [0.25, 0.3) is 0 Å². The SMILES string of the molecule is O=C(CC1=C[C@H](c2ccccc2)C2=C(O1)C(=O)N(Cc1ccccc1)C2)c1ccc(Cl)cc1. The van der Waals surface area contributed by atoms with Crippen LogP contribution in [0, 0.1) is 0 Å². The van der Waals surface area contributed by atoms with E-state index in [4.69, 9.17) is 16.3 Å². The van der Waals surface area contributed by atoms with Crippen LogP contribution in [-0.4, -0.2) is 23.1 Å². The Labute approximate surface area is 197 Å². The normalized spacial score (nSPS) is 17.5. The topological polar surface area (TPSA) is 46.6 Å². The van der Waals surface area contributed by atoms with Crippen molar-refractivity contribution in [3.8, 4) is 0 Å². The molecule has 33 heavy (non-hydrogen) atoms. The fraction of sp³-hybridized carbons (Fsp3) is 0.143. The molecular weight excluding hydrogens is 434 g/mol. The van der Waals surface area contributed by atoms with Crippen molar-refractivity contribution in [2.24, 2.45) is 0 Å². The molecule has 3 aromatic carbocycles. The minimum Gasteiger partial charge on any atom is -0.456 e. The van der Waals surface area contributed by atoms with Crippen LogP contribution < -0.4 is 0 Å². The van der Waals surface area contributed by atoms with Gasteiger partial charge in [0.15, 0.2) is 11.5 Å². The Morgan fingerprint density at radius 2 is 1.61 bits per heavy atom. The first-order valence-electron chi connectivity index (χ1n) is 10.9. The van der Waals surface area contributed by atoms with Gasteiger partial charge in [-0.1, -0.05) is 72.3 Å². The van der Waals surface area contributed by atoms with Crippen LogP contribution in [-0.2, 0) is 16.1 Å². The number of amides is 1. The molecule has 0 fully saturated rings. The molecule has 4 nitrogen and oxygen atoms in total. The summed E-state index contributed by atoms with van der Waals surface area (Å²) in [5.41, 5.74) is 3.63. The van der Waals surface area contributed by atoms with E-state index in [-0.39, 0.29) is 24.0 Å². The van der Waals surface area contributed by atoms with Gasteiger partial charge in [-0.3, -0.25) is 9.59 Å². The van der Waals surface area contributed by atoms with Crippen molar-refractivity contribution >= 4 is 23.3 Å². The molecular formula is C28H22ClNO3. The first-order chi connectivity index (χ1) is 16.1. The van der Waals surface area contributed by atoms with Gasteiger partial charge >= 0.3 is 0 Å². The van der Waals surface area contributed by atoms with E-state index in [9.17, 15) is 9.59 Å². The van der Waals surface area contributed by atoms with Gasteiger partial charge < -0.3 is 9.64 Å². The lowest BCUT2D eigenvalue weighted by Crippen LogP contribution is -2.27. The summed E-state index contributed by atoms with van der Waals surface area (Å²) in [6.45, 7) is 1.01. The van der Waals surface area contributed by atoms with Gasteiger partial charge in [0.2, 0.25) is 0 Å². The predicted molar refractivity (Wildman–Crippen MR) is 128 cm³/mol. The van der Waals surface area contributed by atoms with Crippen LogP contribution in [0.3, 0.4) is 0 Å². The van der Waals surface area contributed by atoms with Crippen molar-refractivity contribution in [1.29, 1.82) is 0 Å². The summed E-state index contributed by atoms with van der Waals surface area (Å²) in [6.07, 6.45) is 2.05. The molecule has 3 aromatic rings. The molecule has 5 rings (SSSR count). The Morgan fingerprint density at radius 1 is 0.939 bits per heavy atom.